The number of carbonyl (C=O) groups is 1. The minimum atomic E-state index is -0.0708. The minimum absolute atomic E-state index is 0.0708. The van der Waals surface area contributed by atoms with E-state index >= 15 is 0 Å². The monoisotopic (exact) mass is 432 g/mol. The van der Waals surface area contributed by atoms with E-state index in [0.717, 1.165) is 68.9 Å². The maximum atomic E-state index is 13.0. The van der Waals surface area contributed by atoms with Crippen LogP contribution in [0.1, 0.15) is 48.5 Å². The number of hydrogen-bond acceptors (Lipinski definition) is 4. The van der Waals surface area contributed by atoms with E-state index in [-0.39, 0.29) is 11.9 Å². The van der Waals surface area contributed by atoms with Crippen molar-refractivity contribution in [1.29, 1.82) is 0 Å². The highest BCUT2D eigenvalue weighted by Gasteiger charge is 2.23. The summed E-state index contributed by atoms with van der Waals surface area (Å²) in [5, 5.41) is 10.3. The topological polar surface area (TPSA) is 70.2 Å². The van der Waals surface area contributed by atoms with Gasteiger partial charge in [0.1, 0.15) is 5.75 Å². The summed E-state index contributed by atoms with van der Waals surface area (Å²) in [4.78, 5) is 15.4. The van der Waals surface area contributed by atoms with Crippen LogP contribution < -0.4 is 10.1 Å². The van der Waals surface area contributed by atoms with Crippen LogP contribution in [0.15, 0.2) is 60.8 Å². The van der Waals surface area contributed by atoms with Crippen LogP contribution in [-0.4, -0.2) is 46.7 Å². The fourth-order valence-electron chi connectivity index (χ4n) is 4.07. The van der Waals surface area contributed by atoms with Crippen molar-refractivity contribution in [3.63, 3.8) is 0 Å². The number of rotatable bonds is 9. The molecule has 1 fully saturated rings. The maximum Gasteiger partial charge on any atom is 0.255 e. The van der Waals surface area contributed by atoms with Gasteiger partial charge in [-0.15, -0.1) is 0 Å². The highest BCUT2D eigenvalue weighted by molar-refractivity contribution is 5.99. The van der Waals surface area contributed by atoms with E-state index in [2.05, 4.69) is 51.6 Å². The number of aromatic amines is 1. The van der Waals surface area contributed by atoms with Gasteiger partial charge in [-0.3, -0.25) is 14.8 Å². The SMILES string of the molecule is CCCCOc1ccc(-c2[nH]ncc2C(=O)NC2CCN(Cc3ccccc3)CC2)cc1. The standard InChI is InChI=1S/C26H32N4O2/c1-2-3-17-32-23-11-9-21(10-12-23)25-24(18-27-29-25)26(31)28-22-13-15-30(16-14-22)19-20-7-5-4-6-8-20/h4-12,18,22H,2-3,13-17,19H2,1H3,(H,27,29)(H,28,31). The normalized spacial score (nSPS) is 14.9. The van der Waals surface area contributed by atoms with E-state index in [1.807, 2.05) is 30.3 Å². The zero-order valence-electron chi connectivity index (χ0n) is 18.7. The second-order valence-electron chi connectivity index (χ2n) is 8.39. The average Bonchev–Trinajstić information content (AvgIpc) is 3.32. The molecule has 168 valence electrons. The van der Waals surface area contributed by atoms with Crippen molar-refractivity contribution in [2.24, 2.45) is 0 Å². The average molecular weight is 433 g/mol. The van der Waals surface area contributed by atoms with Crippen molar-refractivity contribution >= 4 is 5.91 Å². The summed E-state index contributed by atoms with van der Waals surface area (Å²) >= 11 is 0. The summed E-state index contributed by atoms with van der Waals surface area (Å²) in [5.74, 6) is 0.772. The van der Waals surface area contributed by atoms with E-state index in [1.54, 1.807) is 6.20 Å². The molecule has 1 saturated heterocycles. The lowest BCUT2D eigenvalue weighted by atomic mass is 10.0. The first-order chi connectivity index (χ1) is 15.7. The highest BCUT2D eigenvalue weighted by atomic mass is 16.5. The van der Waals surface area contributed by atoms with Crippen molar-refractivity contribution in [2.45, 2.75) is 45.2 Å². The molecule has 0 aliphatic carbocycles. The number of likely N-dealkylation sites (tertiary alicyclic amines) is 1. The van der Waals surface area contributed by atoms with Crippen LogP contribution in [0.25, 0.3) is 11.3 Å². The third-order valence-electron chi connectivity index (χ3n) is 5.97. The third-order valence-corrected chi connectivity index (χ3v) is 5.97. The Kier molecular flexibility index (Phi) is 7.56. The van der Waals surface area contributed by atoms with Crippen molar-refractivity contribution in [3.05, 3.63) is 71.9 Å². The largest absolute Gasteiger partial charge is 0.494 e. The van der Waals surface area contributed by atoms with Gasteiger partial charge in [0.05, 0.1) is 24.1 Å². The molecule has 0 atom stereocenters. The van der Waals surface area contributed by atoms with Gasteiger partial charge in [-0.2, -0.15) is 5.10 Å². The summed E-state index contributed by atoms with van der Waals surface area (Å²) in [6.07, 6.45) is 5.67. The Bertz CT molecular complexity index is 977. The summed E-state index contributed by atoms with van der Waals surface area (Å²) in [6.45, 7) is 5.80. The number of amides is 1. The molecule has 2 aromatic carbocycles. The molecule has 2 heterocycles. The Morgan fingerprint density at radius 3 is 2.59 bits per heavy atom. The molecule has 2 N–H and O–H groups in total. The summed E-state index contributed by atoms with van der Waals surface area (Å²) in [7, 11) is 0. The van der Waals surface area contributed by atoms with E-state index in [9.17, 15) is 4.79 Å². The fourth-order valence-corrected chi connectivity index (χ4v) is 4.07. The van der Waals surface area contributed by atoms with Gasteiger partial charge in [0.25, 0.3) is 5.91 Å². The van der Waals surface area contributed by atoms with Crippen LogP contribution in [0, 0.1) is 0 Å². The first-order valence-corrected chi connectivity index (χ1v) is 11.6. The molecule has 1 aliphatic heterocycles. The van der Waals surface area contributed by atoms with Gasteiger partial charge in [0, 0.05) is 31.2 Å². The fraction of sp³-hybridized carbons (Fsp3) is 0.385. The number of carbonyl (C=O) groups excluding carboxylic acids is 1. The third kappa shape index (κ3) is 5.77. The Balaban J connectivity index is 1.31. The van der Waals surface area contributed by atoms with Crippen LogP contribution in [0.2, 0.25) is 0 Å². The van der Waals surface area contributed by atoms with Crippen LogP contribution in [-0.2, 0) is 6.54 Å². The number of unbranched alkanes of at least 4 members (excludes halogenated alkanes) is 1. The summed E-state index contributed by atoms with van der Waals surface area (Å²) in [5.41, 5.74) is 3.58. The molecular weight excluding hydrogens is 400 g/mol. The summed E-state index contributed by atoms with van der Waals surface area (Å²) in [6, 6.07) is 18.5. The molecule has 1 aliphatic rings. The Hall–Kier alpha value is -3.12. The molecule has 32 heavy (non-hydrogen) atoms. The van der Waals surface area contributed by atoms with Crippen molar-refractivity contribution in [1.82, 2.24) is 20.4 Å². The Morgan fingerprint density at radius 1 is 1.12 bits per heavy atom. The van der Waals surface area contributed by atoms with Crippen molar-refractivity contribution in [2.75, 3.05) is 19.7 Å². The molecule has 1 aromatic heterocycles. The molecule has 4 rings (SSSR count). The first kappa shape index (κ1) is 22.1. The van der Waals surface area contributed by atoms with Gasteiger partial charge in [-0.1, -0.05) is 43.7 Å². The molecule has 0 bridgehead atoms. The minimum Gasteiger partial charge on any atom is -0.494 e. The second kappa shape index (κ2) is 11.0. The number of nitrogens with zero attached hydrogens (tertiary/aromatic N) is 2. The predicted molar refractivity (Wildman–Crippen MR) is 127 cm³/mol. The lowest BCUT2D eigenvalue weighted by molar-refractivity contribution is 0.0909. The maximum absolute atomic E-state index is 13.0. The molecular formula is C26H32N4O2. The van der Waals surface area contributed by atoms with Gasteiger partial charge in [-0.05, 0) is 49.1 Å². The lowest BCUT2D eigenvalue weighted by Crippen LogP contribution is -2.44. The first-order valence-electron chi connectivity index (χ1n) is 11.6. The van der Waals surface area contributed by atoms with Gasteiger partial charge < -0.3 is 10.1 Å². The quantitative estimate of drug-likeness (QED) is 0.483. The van der Waals surface area contributed by atoms with Gasteiger partial charge in [-0.25, -0.2) is 0 Å². The van der Waals surface area contributed by atoms with Crippen LogP contribution in [0.3, 0.4) is 0 Å². The molecule has 6 heteroatoms. The Labute approximate surface area is 190 Å². The van der Waals surface area contributed by atoms with E-state index in [4.69, 9.17) is 4.74 Å². The number of hydrogen-bond donors (Lipinski definition) is 2. The lowest BCUT2D eigenvalue weighted by Gasteiger charge is -2.32. The second-order valence-corrected chi connectivity index (χ2v) is 8.39. The molecule has 0 radical (unpaired) electrons. The number of ether oxygens (including phenoxy) is 1. The molecule has 0 spiro atoms. The highest BCUT2D eigenvalue weighted by Crippen LogP contribution is 2.24. The van der Waals surface area contributed by atoms with Crippen molar-refractivity contribution in [3.8, 4) is 17.0 Å². The molecule has 0 unspecified atom stereocenters. The number of H-pyrrole nitrogens is 1. The van der Waals surface area contributed by atoms with Gasteiger partial charge in [0.2, 0.25) is 0 Å². The number of nitrogens with one attached hydrogen (secondary N) is 2. The van der Waals surface area contributed by atoms with E-state index < -0.39 is 0 Å². The number of aromatic nitrogens is 2. The number of benzene rings is 2. The summed E-state index contributed by atoms with van der Waals surface area (Å²) < 4.78 is 5.73. The van der Waals surface area contributed by atoms with E-state index in [1.165, 1.54) is 5.56 Å². The van der Waals surface area contributed by atoms with Crippen molar-refractivity contribution < 1.29 is 9.53 Å². The van der Waals surface area contributed by atoms with Crippen LogP contribution in [0.4, 0.5) is 0 Å². The molecule has 6 nitrogen and oxygen atoms in total. The molecule has 0 saturated carbocycles. The Morgan fingerprint density at radius 2 is 1.88 bits per heavy atom. The van der Waals surface area contributed by atoms with Gasteiger partial charge in [0.15, 0.2) is 0 Å². The van der Waals surface area contributed by atoms with Crippen LogP contribution >= 0.6 is 0 Å². The zero-order chi connectivity index (χ0) is 22.2. The molecule has 3 aromatic rings. The van der Waals surface area contributed by atoms with Crippen LogP contribution in [0.5, 0.6) is 5.75 Å². The zero-order valence-corrected chi connectivity index (χ0v) is 18.7. The van der Waals surface area contributed by atoms with E-state index in [0.29, 0.717) is 5.56 Å². The predicted octanol–water partition coefficient (Wildman–Crippen LogP) is 4.65. The van der Waals surface area contributed by atoms with Gasteiger partial charge >= 0.3 is 0 Å². The molecule has 1 amide bonds. The smallest absolute Gasteiger partial charge is 0.255 e. The number of piperidine rings is 1.